The molecule has 0 radical (unpaired) electrons. The van der Waals surface area contributed by atoms with Gasteiger partial charge in [0.2, 0.25) is 0 Å². The minimum Gasteiger partial charge on any atom is -0.348 e. The Balaban J connectivity index is 1.32. The smallest absolute Gasteiger partial charge is 0.168 e. The van der Waals surface area contributed by atoms with Gasteiger partial charge >= 0.3 is 0 Å². The zero-order chi connectivity index (χ0) is 14.3. The van der Waals surface area contributed by atoms with E-state index in [2.05, 4.69) is 36.2 Å². The molecule has 3 aliphatic rings. The number of rotatable bonds is 3. The van der Waals surface area contributed by atoms with Crippen molar-refractivity contribution in [2.45, 2.75) is 49.9 Å². The Bertz CT molecular complexity index is 500. The predicted molar refractivity (Wildman–Crippen MR) is 82.4 cm³/mol. The van der Waals surface area contributed by atoms with Crippen molar-refractivity contribution in [3.63, 3.8) is 0 Å². The lowest BCUT2D eigenvalue weighted by Crippen LogP contribution is -2.44. The highest BCUT2D eigenvalue weighted by atomic mass is 16.7. The van der Waals surface area contributed by atoms with Crippen LogP contribution in [0.5, 0.6) is 0 Å². The summed E-state index contributed by atoms with van der Waals surface area (Å²) >= 11 is 0. The fraction of sp³-hybridized carbons (Fsp3) is 0.667. The summed E-state index contributed by atoms with van der Waals surface area (Å²) in [7, 11) is 2.29. The van der Waals surface area contributed by atoms with Crippen LogP contribution >= 0.6 is 0 Å². The Hall–Kier alpha value is -0.900. The van der Waals surface area contributed by atoms with Gasteiger partial charge in [0, 0.05) is 31.3 Å². The third kappa shape index (κ3) is 2.52. The molecule has 2 aliphatic carbocycles. The maximum Gasteiger partial charge on any atom is 0.168 e. The molecule has 1 aromatic carbocycles. The van der Waals surface area contributed by atoms with Crippen molar-refractivity contribution in [1.29, 1.82) is 0 Å². The van der Waals surface area contributed by atoms with Crippen LogP contribution in [0.15, 0.2) is 24.3 Å². The molecular weight excluding hydrogens is 262 g/mol. The minimum atomic E-state index is -0.222. The fourth-order valence-electron chi connectivity index (χ4n) is 4.29. The molecular formula is C18H25NO2. The molecule has 1 saturated heterocycles. The lowest BCUT2D eigenvalue weighted by atomic mass is 9.77. The average Bonchev–Trinajstić information content (AvgIpc) is 2.93. The van der Waals surface area contributed by atoms with Crippen LogP contribution in [0.2, 0.25) is 0 Å². The summed E-state index contributed by atoms with van der Waals surface area (Å²) in [6.45, 7) is 2.75. The van der Waals surface area contributed by atoms with Crippen molar-refractivity contribution < 1.29 is 9.47 Å². The average molecular weight is 287 g/mol. The number of nitrogens with zero attached hydrogens (tertiary/aromatic N) is 1. The third-order valence-corrected chi connectivity index (χ3v) is 5.62. The van der Waals surface area contributed by atoms with E-state index < -0.39 is 0 Å². The van der Waals surface area contributed by atoms with Gasteiger partial charge < -0.3 is 14.4 Å². The van der Waals surface area contributed by atoms with Gasteiger partial charge in [0.15, 0.2) is 5.79 Å². The van der Waals surface area contributed by atoms with Crippen molar-refractivity contribution in [3.8, 4) is 0 Å². The normalized spacial score (nSPS) is 27.8. The van der Waals surface area contributed by atoms with Crippen LogP contribution in [0.1, 0.15) is 42.7 Å². The number of hydrogen-bond donors (Lipinski definition) is 0. The van der Waals surface area contributed by atoms with Gasteiger partial charge in [-0.25, -0.2) is 0 Å². The van der Waals surface area contributed by atoms with Crippen molar-refractivity contribution >= 4 is 0 Å². The molecule has 114 valence electrons. The second kappa shape index (κ2) is 5.38. The summed E-state index contributed by atoms with van der Waals surface area (Å²) in [5.41, 5.74) is 3.12. The standard InChI is InChI=1S/C18H25NO2/c1-19(13-15-12-14-4-2-3-5-17(14)15)16-6-8-18(9-7-16)20-10-11-21-18/h2-5,15-16H,6-13H2,1H3. The summed E-state index contributed by atoms with van der Waals surface area (Å²) < 4.78 is 11.7. The van der Waals surface area contributed by atoms with Gasteiger partial charge in [-0.15, -0.1) is 0 Å². The lowest BCUT2D eigenvalue weighted by Gasteiger charge is -2.41. The Morgan fingerprint density at radius 1 is 1.14 bits per heavy atom. The molecule has 1 saturated carbocycles. The molecule has 3 heteroatoms. The fourth-order valence-corrected chi connectivity index (χ4v) is 4.29. The quantitative estimate of drug-likeness (QED) is 0.853. The van der Waals surface area contributed by atoms with E-state index in [9.17, 15) is 0 Å². The van der Waals surface area contributed by atoms with Crippen LogP contribution < -0.4 is 0 Å². The summed E-state index contributed by atoms with van der Waals surface area (Å²) in [6, 6.07) is 9.58. The molecule has 1 unspecified atom stereocenters. The van der Waals surface area contributed by atoms with Gasteiger partial charge in [-0.1, -0.05) is 24.3 Å². The lowest BCUT2D eigenvalue weighted by molar-refractivity contribution is -0.183. The Morgan fingerprint density at radius 2 is 1.86 bits per heavy atom. The summed E-state index contributed by atoms with van der Waals surface area (Å²) in [4.78, 5) is 2.57. The maximum absolute atomic E-state index is 5.83. The Labute approximate surface area is 127 Å². The molecule has 1 aromatic rings. The minimum absolute atomic E-state index is 0.222. The molecule has 3 nitrogen and oxygen atoms in total. The van der Waals surface area contributed by atoms with E-state index in [1.165, 1.54) is 25.8 Å². The van der Waals surface area contributed by atoms with Gasteiger partial charge in [0.05, 0.1) is 13.2 Å². The molecule has 2 fully saturated rings. The third-order valence-electron chi connectivity index (χ3n) is 5.62. The van der Waals surface area contributed by atoms with Gasteiger partial charge in [-0.2, -0.15) is 0 Å². The number of benzene rings is 1. The van der Waals surface area contributed by atoms with Gasteiger partial charge in [0.25, 0.3) is 0 Å². The van der Waals surface area contributed by atoms with Crippen molar-refractivity contribution in [2.75, 3.05) is 26.8 Å². The monoisotopic (exact) mass is 287 g/mol. The molecule has 0 aromatic heterocycles. The molecule has 4 rings (SSSR count). The number of fused-ring (bicyclic) bond motifs is 1. The number of ether oxygens (including phenoxy) is 2. The van der Waals surface area contributed by atoms with Crippen LogP contribution in [0.4, 0.5) is 0 Å². The first-order chi connectivity index (χ1) is 10.3. The second-order valence-electron chi connectivity index (χ2n) is 6.88. The SMILES string of the molecule is CN(CC1Cc2ccccc21)C1CCC2(CC1)OCCO2. The van der Waals surface area contributed by atoms with Crippen LogP contribution in [0.3, 0.4) is 0 Å². The summed E-state index contributed by atoms with van der Waals surface area (Å²) in [6.07, 6.45) is 5.77. The molecule has 1 spiro atoms. The first-order valence-electron chi connectivity index (χ1n) is 8.32. The Kier molecular flexibility index (Phi) is 3.52. The van der Waals surface area contributed by atoms with Crippen molar-refractivity contribution in [3.05, 3.63) is 35.4 Å². The summed E-state index contributed by atoms with van der Waals surface area (Å²) in [5.74, 6) is 0.515. The highest BCUT2D eigenvalue weighted by Gasteiger charge is 2.41. The molecule has 0 N–H and O–H groups in total. The molecule has 1 aliphatic heterocycles. The zero-order valence-corrected chi connectivity index (χ0v) is 12.9. The van der Waals surface area contributed by atoms with Gasteiger partial charge in [-0.3, -0.25) is 0 Å². The molecule has 0 amide bonds. The number of hydrogen-bond acceptors (Lipinski definition) is 3. The van der Waals surface area contributed by atoms with Crippen LogP contribution in [0, 0.1) is 0 Å². The first-order valence-corrected chi connectivity index (χ1v) is 8.32. The van der Waals surface area contributed by atoms with E-state index in [1.54, 1.807) is 11.1 Å². The first kappa shape index (κ1) is 13.7. The summed E-state index contributed by atoms with van der Waals surface area (Å²) in [5, 5.41) is 0. The highest BCUT2D eigenvalue weighted by Crippen LogP contribution is 2.39. The zero-order valence-electron chi connectivity index (χ0n) is 12.9. The van der Waals surface area contributed by atoms with Crippen LogP contribution in [0.25, 0.3) is 0 Å². The van der Waals surface area contributed by atoms with Crippen molar-refractivity contribution in [2.24, 2.45) is 0 Å². The van der Waals surface area contributed by atoms with E-state index in [0.717, 1.165) is 32.0 Å². The number of likely N-dealkylation sites (N-methyl/N-ethyl adjacent to an activating group) is 1. The van der Waals surface area contributed by atoms with Crippen LogP contribution in [-0.4, -0.2) is 43.5 Å². The van der Waals surface area contributed by atoms with Gasteiger partial charge in [0.1, 0.15) is 0 Å². The van der Waals surface area contributed by atoms with Gasteiger partial charge in [-0.05, 0) is 37.4 Å². The second-order valence-corrected chi connectivity index (χ2v) is 6.88. The topological polar surface area (TPSA) is 21.7 Å². The van der Waals surface area contributed by atoms with E-state index in [4.69, 9.17) is 9.47 Å². The molecule has 21 heavy (non-hydrogen) atoms. The van der Waals surface area contributed by atoms with Crippen LogP contribution in [-0.2, 0) is 15.9 Å². The predicted octanol–water partition coefficient (Wildman–Crippen LogP) is 2.94. The van der Waals surface area contributed by atoms with E-state index in [1.807, 2.05) is 0 Å². The van der Waals surface area contributed by atoms with E-state index in [-0.39, 0.29) is 5.79 Å². The van der Waals surface area contributed by atoms with E-state index in [0.29, 0.717) is 6.04 Å². The highest BCUT2D eigenvalue weighted by molar-refractivity contribution is 5.40. The molecule has 1 atom stereocenters. The van der Waals surface area contributed by atoms with E-state index >= 15 is 0 Å². The largest absolute Gasteiger partial charge is 0.348 e. The molecule has 1 heterocycles. The Morgan fingerprint density at radius 3 is 2.57 bits per heavy atom. The molecule has 0 bridgehead atoms. The maximum atomic E-state index is 5.83. The van der Waals surface area contributed by atoms with Crippen molar-refractivity contribution in [1.82, 2.24) is 4.90 Å².